The van der Waals surface area contributed by atoms with Crippen molar-refractivity contribution >= 4 is 11.6 Å². The quantitative estimate of drug-likeness (QED) is 0.630. The zero-order valence-corrected chi connectivity index (χ0v) is 13.2. The van der Waals surface area contributed by atoms with Crippen LogP contribution in [0, 0.1) is 0 Å². The summed E-state index contributed by atoms with van der Waals surface area (Å²) in [4.78, 5) is 0. The molecule has 114 valence electrons. The molecule has 0 fully saturated rings. The van der Waals surface area contributed by atoms with Crippen LogP contribution in [-0.2, 0) is 6.54 Å². The average molecular weight is 299 g/mol. The first-order valence-corrected chi connectivity index (χ1v) is 7.97. The van der Waals surface area contributed by atoms with Gasteiger partial charge < -0.3 is 5.32 Å². The summed E-state index contributed by atoms with van der Waals surface area (Å²) >= 11 is 0. The Morgan fingerprint density at radius 3 is 1.91 bits per heavy atom. The Morgan fingerprint density at radius 1 is 0.696 bits per heavy atom. The number of hydrogen-bond acceptors (Lipinski definition) is 1. The highest BCUT2D eigenvalue weighted by Crippen LogP contribution is 2.17. The van der Waals surface area contributed by atoms with Gasteiger partial charge in [-0.2, -0.15) is 0 Å². The molecule has 0 amide bonds. The molecule has 0 saturated heterocycles. The summed E-state index contributed by atoms with van der Waals surface area (Å²) in [7, 11) is 0. The third-order valence-electron chi connectivity index (χ3n) is 3.77. The number of rotatable bonds is 6. The highest BCUT2D eigenvalue weighted by Gasteiger charge is 2.02. The van der Waals surface area contributed by atoms with E-state index in [4.69, 9.17) is 0 Å². The molecule has 0 aliphatic heterocycles. The minimum Gasteiger partial charge on any atom is -0.309 e. The first kappa shape index (κ1) is 15.3. The lowest BCUT2D eigenvalue weighted by Gasteiger charge is -2.10. The van der Waals surface area contributed by atoms with Gasteiger partial charge in [0.05, 0.1) is 0 Å². The van der Waals surface area contributed by atoms with Gasteiger partial charge in [-0.15, -0.1) is 0 Å². The van der Waals surface area contributed by atoms with Crippen LogP contribution in [0.15, 0.2) is 91.0 Å². The van der Waals surface area contributed by atoms with Crippen molar-refractivity contribution < 1.29 is 0 Å². The highest BCUT2D eigenvalue weighted by atomic mass is 14.8. The van der Waals surface area contributed by atoms with Gasteiger partial charge in [0.1, 0.15) is 0 Å². The van der Waals surface area contributed by atoms with E-state index in [1.807, 2.05) is 12.1 Å². The van der Waals surface area contributed by atoms with Crippen LogP contribution in [-0.4, -0.2) is 6.54 Å². The standard InChI is InChI=1S/C22H21N/c1-4-10-19(11-5-1)16-22(21-14-8-3-9-15-21)18-23-17-20-12-6-2-7-13-20/h1-16,23H,17-18H2/b22-16-. The van der Waals surface area contributed by atoms with Gasteiger partial charge in [0.25, 0.3) is 0 Å². The van der Waals surface area contributed by atoms with E-state index >= 15 is 0 Å². The van der Waals surface area contributed by atoms with E-state index in [1.165, 1.54) is 22.3 Å². The first-order chi connectivity index (χ1) is 11.4. The fourth-order valence-electron chi connectivity index (χ4n) is 2.58. The Balaban J connectivity index is 1.75. The van der Waals surface area contributed by atoms with E-state index in [0.29, 0.717) is 0 Å². The van der Waals surface area contributed by atoms with Gasteiger partial charge in [0.2, 0.25) is 0 Å². The maximum atomic E-state index is 3.55. The van der Waals surface area contributed by atoms with Gasteiger partial charge in [-0.3, -0.25) is 0 Å². The lowest BCUT2D eigenvalue weighted by molar-refractivity contribution is 0.768. The molecule has 0 saturated carbocycles. The van der Waals surface area contributed by atoms with Crippen LogP contribution in [0.1, 0.15) is 16.7 Å². The summed E-state index contributed by atoms with van der Waals surface area (Å²) in [6.45, 7) is 1.72. The van der Waals surface area contributed by atoms with E-state index in [-0.39, 0.29) is 0 Å². The van der Waals surface area contributed by atoms with Crippen LogP contribution >= 0.6 is 0 Å². The fourth-order valence-corrected chi connectivity index (χ4v) is 2.58. The minimum absolute atomic E-state index is 0.841. The van der Waals surface area contributed by atoms with Crippen LogP contribution < -0.4 is 5.32 Å². The van der Waals surface area contributed by atoms with Crippen molar-refractivity contribution in [3.63, 3.8) is 0 Å². The molecule has 1 N–H and O–H groups in total. The summed E-state index contributed by atoms with van der Waals surface area (Å²) in [6.07, 6.45) is 2.26. The van der Waals surface area contributed by atoms with Crippen LogP contribution in [0.3, 0.4) is 0 Å². The molecule has 1 nitrogen and oxygen atoms in total. The molecule has 0 unspecified atom stereocenters. The Bertz CT molecular complexity index is 731. The van der Waals surface area contributed by atoms with Gasteiger partial charge in [-0.1, -0.05) is 91.0 Å². The summed E-state index contributed by atoms with van der Waals surface area (Å²) in [6, 6.07) is 31.5. The maximum absolute atomic E-state index is 3.55. The van der Waals surface area contributed by atoms with Crippen molar-refractivity contribution in [2.75, 3.05) is 6.54 Å². The molecule has 3 aromatic rings. The molecular formula is C22H21N. The zero-order chi connectivity index (χ0) is 15.7. The number of hydrogen-bond donors (Lipinski definition) is 1. The van der Waals surface area contributed by atoms with E-state index in [1.54, 1.807) is 0 Å². The van der Waals surface area contributed by atoms with E-state index < -0.39 is 0 Å². The fraction of sp³-hybridized carbons (Fsp3) is 0.0909. The van der Waals surface area contributed by atoms with Gasteiger partial charge >= 0.3 is 0 Å². The lowest BCUT2D eigenvalue weighted by atomic mass is 10.0. The topological polar surface area (TPSA) is 12.0 Å². The summed E-state index contributed by atoms with van der Waals surface area (Å²) < 4.78 is 0. The Labute approximate surface area is 138 Å². The van der Waals surface area contributed by atoms with Crippen molar-refractivity contribution in [1.82, 2.24) is 5.32 Å². The maximum Gasteiger partial charge on any atom is 0.0214 e. The van der Waals surface area contributed by atoms with Crippen molar-refractivity contribution in [1.29, 1.82) is 0 Å². The number of nitrogens with one attached hydrogen (secondary N) is 1. The first-order valence-electron chi connectivity index (χ1n) is 7.97. The van der Waals surface area contributed by atoms with Crippen molar-refractivity contribution in [3.05, 3.63) is 108 Å². The molecular weight excluding hydrogens is 278 g/mol. The third-order valence-corrected chi connectivity index (χ3v) is 3.77. The average Bonchev–Trinajstić information content (AvgIpc) is 2.63. The van der Waals surface area contributed by atoms with Crippen LogP contribution in [0.5, 0.6) is 0 Å². The summed E-state index contributed by atoms with van der Waals surface area (Å²) in [5, 5.41) is 3.55. The van der Waals surface area contributed by atoms with Gasteiger partial charge in [0.15, 0.2) is 0 Å². The second-order valence-corrected chi connectivity index (χ2v) is 5.54. The predicted molar refractivity (Wildman–Crippen MR) is 98.9 cm³/mol. The van der Waals surface area contributed by atoms with Crippen LogP contribution in [0.4, 0.5) is 0 Å². The largest absolute Gasteiger partial charge is 0.309 e. The number of benzene rings is 3. The van der Waals surface area contributed by atoms with Gasteiger partial charge in [-0.25, -0.2) is 0 Å². The SMILES string of the molecule is C(=C(\CNCc1ccccc1)c1ccccc1)/c1ccccc1. The second kappa shape index (κ2) is 8.11. The van der Waals surface area contributed by atoms with E-state index in [9.17, 15) is 0 Å². The molecule has 0 aliphatic rings. The third kappa shape index (κ3) is 4.67. The highest BCUT2D eigenvalue weighted by molar-refractivity contribution is 5.82. The molecule has 23 heavy (non-hydrogen) atoms. The molecule has 0 radical (unpaired) electrons. The molecule has 0 heterocycles. The lowest BCUT2D eigenvalue weighted by Crippen LogP contribution is -2.16. The van der Waals surface area contributed by atoms with Crippen molar-refractivity contribution in [2.24, 2.45) is 0 Å². The van der Waals surface area contributed by atoms with E-state index in [0.717, 1.165) is 13.1 Å². The van der Waals surface area contributed by atoms with Crippen LogP contribution in [0.2, 0.25) is 0 Å². The molecule has 1 heteroatoms. The van der Waals surface area contributed by atoms with Crippen molar-refractivity contribution in [2.45, 2.75) is 6.54 Å². The molecule has 0 bridgehead atoms. The Hall–Kier alpha value is -2.64. The Morgan fingerprint density at radius 2 is 1.26 bits per heavy atom. The van der Waals surface area contributed by atoms with E-state index in [2.05, 4.69) is 90.3 Å². The molecule has 0 atom stereocenters. The summed E-state index contributed by atoms with van der Waals surface area (Å²) in [5.41, 5.74) is 5.09. The minimum atomic E-state index is 0.841. The smallest absolute Gasteiger partial charge is 0.0214 e. The Kier molecular flexibility index (Phi) is 5.38. The second-order valence-electron chi connectivity index (χ2n) is 5.54. The molecule has 3 aromatic carbocycles. The molecule has 0 aliphatic carbocycles. The van der Waals surface area contributed by atoms with Crippen LogP contribution in [0.25, 0.3) is 11.6 Å². The molecule has 0 spiro atoms. The predicted octanol–water partition coefficient (Wildman–Crippen LogP) is 5.02. The molecule has 3 rings (SSSR count). The van der Waals surface area contributed by atoms with Gasteiger partial charge in [-0.05, 0) is 28.3 Å². The van der Waals surface area contributed by atoms with Crippen molar-refractivity contribution in [3.8, 4) is 0 Å². The monoisotopic (exact) mass is 299 g/mol. The zero-order valence-electron chi connectivity index (χ0n) is 13.2. The molecule has 0 aromatic heterocycles. The normalized spacial score (nSPS) is 11.4. The summed E-state index contributed by atoms with van der Waals surface area (Å²) in [5.74, 6) is 0. The van der Waals surface area contributed by atoms with Gasteiger partial charge in [0, 0.05) is 13.1 Å².